The number of imidazole rings is 1. The molecule has 30 heavy (non-hydrogen) atoms. The lowest BCUT2D eigenvalue weighted by Gasteiger charge is -2.09. The molecule has 0 bridgehead atoms. The molecule has 0 saturated carbocycles. The van der Waals surface area contributed by atoms with Gasteiger partial charge in [-0.2, -0.15) is 0 Å². The average molecular weight is 404 g/mol. The number of hydrogen-bond acceptors (Lipinski definition) is 3. The second-order valence-electron chi connectivity index (χ2n) is 6.53. The molecule has 0 saturated heterocycles. The maximum absolute atomic E-state index is 10.6. The Labute approximate surface area is 180 Å². The molecule has 0 aliphatic carbocycles. The summed E-state index contributed by atoms with van der Waals surface area (Å²) in [6.07, 6.45) is 3.22. The van der Waals surface area contributed by atoms with Gasteiger partial charge in [-0.3, -0.25) is 4.40 Å². The fourth-order valence-electron chi connectivity index (χ4n) is 3.23. The molecule has 4 nitrogen and oxygen atoms in total. The monoisotopic (exact) mass is 403 g/mol. The standard InChI is InChI=1S/C22H21N3O.2C2H6/c1-3-18-22(26)25-14-20(17-11-7-8-15(2)12-17)23-19(21(25)24-18)13-16-9-5-4-6-10-16;2*1-2/h4-12,14,26H,3,13H2,1-2H3;2*1-2H3. The van der Waals surface area contributed by atoms with Crippen LogP contribution in [0, 0.1) is 6.92 Å². The molecular weight excluding hydrogens is 370 g/mol. The van der Waals surface area contributed by atoms with Gasteiger partial charge in [-0.1, -0.05) is 88.7 Å². The number of aromatic hydroxyl groups is 1. The first-order valence-electron chi connectivity index (χ1n) is 10.9. The zero-order valence-electron chi connectivity index (χ0n) is 19.0. The zero-order valence-corrected chi connectivity index (χ0v) is 19.0. The molecule has 0 atom stereocenters. The highest BCUT2D eigenvalue weighted by molar-refractivity contribution is 5.63. The van der Waals surface area contributed by atoms with Crippen LogP contribution in [0.3, 0.4) is 0 Å². The van der Waals surface area contributed by atoms with E-state index < -0.39 is 0 Å². The van der Waals surface area contributed by atoms with E-state index in [-0.39, 0.29) is 5.88 Å². The van der Waals surface area contributed by atoms with Crippen LogP contribution in [0.4, 0.5) is 0 Å². The van der Waals surface area contributed by atoms with Crippen LogP contribution in [-0.2, 0) is 12.8 Å². The summed E-state index contributed by atoms with van der Waals surface area (Å²) in [5.41, 5.74) is 6.50. The van der Waals surface area contributed by atoms with E-state index in [0.29, 0.717) is 18.5 Å². The third-order valence-electron chi connectivity index (χ3n) is 4.58. The highest BCUT2D eigenvalue weighted by Crippen LogP contribution is 2.27. The van der Waals surface area contributed by atoms with Crippen LogP contribution in [0.15, 0.2) is 60.8 Å². The maximum Gasteiger partial charge on any atom is 0.219 e. The Morgan fingerprint density at radius 1 is 0.867 bits per heavy atom. The summed E-state index contributed by atoms with van der Waals surface area (Å²) < 4.78 is 1.77. The van der Waals surface area contributed by atoms with Crippen LogP contribution >= 0.6 is 0 Å². The van der Waals surface area contributed by atoms with E-state index in [2.05, 4.69) is 36.2 Å². The Morgan fingerprint density at radius 3 is 2.20 bits per heavy atom. The molecule has 0 spiro atoms. The normalized spacial score (nSPS) is 10.1. The van der Waals surface area contributed by atoms with E-state index in [0.717, 1.165) is 22.6 Å². The van der Waals surface area contributed by atoms with Crippen molar-refractivity contribution in [2.75, 3.05) is 0 Å². The van der Waals surface area contributed by atoms with Gasteiger partial charge in [0.1, 0.15) is 5.69 Å². The maximum atomic E-state index is 10.6. The van der Waals surface area contributed by atoms with Gasteiger partial charge in [0.2, 0.25) is 5.88 Å². The van der Waals surface area contributed by atoms with E-state index in [1.165, 1.54) is 11.1 Å². The fourth-order valence-corrected chi connectivity index (χ4v) is 3.23. The highest BCUT2D eigenvalue weighted by Gasteiger charge is 2.16. The number of nitrogens with zero attached hydrogens (tertiary/aromatic N) is 3. The zero-order chi connectivity index (χ0) is 22.1. The molecule has 0 unspecified atom stereocenters. The van der Waals surface area contributed by atoms with Crippen molar-refractivity contribution in [1.29, 1.82) is 0 Å². The van der Waals surface area contributed by atoms with Crippen molar-refractivity contribution in [2.45, 2.75) is 54.4 Å². The molecule has 158 valence electrons. The van der Waals surface area contributed by atoms with Crippen molar-refractivity contribution in [3.05, 3.63) is 83.3 Å². The first-order chi connectivity index (χ1) is 14.7. The SMILES string of the molecule is CC.CC.CCc1nc2c(Cc3ccccc3)nc(-c3cccc(C)c3)cn2c1O. The number of hydrogen-bond donors (Lipinski definition) is 1. The van der Waals surface area contributed by atoms with E-state index in [1.807, 2.05) is 71.1 Å². The third kappa shape index (κ3) is 5.07. The van der Waals surface area contributed by atoms with Gasteiger partial charge < -0.3 is 5.11 Å². The third-order valence-corrected chi connectivity index (χ3v) is 4.58. The topological polar surface area (TPSA) is 50.4 Å². The average Bonchev–Trinajstić information content (AvgIpc) is 3.13. The molecule has 1 N–H and O–H groups in total. The van der Waals surface area contributed by atoms with Gasteiger partial charge in [-0.05, 0) is 25.0 Å². The lowest BCUT2D eigenvalue weighted by atomic mass is 10.1. The summed E-state index contributed by atoms with van der Waals surface area (Å²) in [7, 11) is 0. The first kappa shape index (κ1) is 23.1. The van der Waals surface area contributed by atoms with Crippen molar-refractivity contribution < 1.29 is 5.11 Å². The van der Waals surface area contributed by atoms with Crippen LogP contribution in [0.5, 0.6) is 5.88 Å². The Bertz CT molecular complexity index is 1070. The van der Waals surface area contributed by atoms with Crippen LogP contribution in [0.25, 0.3) is 16.9 Å². The smallest absolute Gasteiger partial charge is 0.219 e. The Hall–Kier alpha value is -3.14. The Morgan fingerprint density at radius 2 is 1.57 bits per heavy atom. The molecule has 0 fully saturated rings. The largest absolute Gasteiger partial charge is 0.493 e. The van der Waals surface area contributed by atoms with Crippen LogP contribution in [0.2, 0.25) is 0 Å². The fraction of sp³-hybridized carbons (Fsp3) is 0.308. The number of aryl methyl sites for hydroxylation is 2. The summed E-state index contributed by atoms with van der Waals surface area (Å²) >= 11 is 0. The number of fused-ring (bicyclic) bond motifs is 1. The predicted molar refractivity (Wildman–Crippen MR) is 126 cm³/mol. The van der Waals surface area contributed by atoms with Gasteiger partial charge in [-0.25, -0.2) is 9.97 Å². The lowest BCUT2D eigenvalue weighted by Crippen LogP contribution is -2.01. The van der Waals surface area contributed by atoms with E-state index in [4.69, 9.17) is 4.98 Å². The van der Waals surface area contributed by atoms with Crippen molar-refractivity contribution >= 4 is 5.65 Å². The summed E-state index contributed by atoms with van der Waals surface area (Å²) in [6.45, 7) is 12.1. The molecular formula is C26H33N3O. The summed E-state index contributed by atoms with van der Waals surface area (Å²) in [5.74, 6) is 0.202. The molecule has 4 heteroatoms. The van der Waals surface area contributed by atoms with E-state index in [9.17, 15) is 5.11 Å². The van der Waals surface area contributed by atoms with Crippen molar-refractivity contribution in [2.24, 2.45) is 0 Å². The van der Waals surface area contributed by atoms with Crippen molar-refractivity contribution in [3.63, 3.8) is 0 Å². The quantitative estimate of drug-likeness (QED) is 0.417. The van der Waals surface area contributed by atoms with Crippen molar-refractivity contribution in [3.8, 4) is 17.1 Å². The van der Waals surface area contributed by atoms with Crippen LogP contribution in [0.1, 0.15) is 57.1 Å². The van der Waals surface area contributed by atoms with Gasteiger partial charge in [0.25, 0.3) is 0 Å². The van der Waals surface area contributed by atoms with Gasteiger partial charge >= 0.3 is 0 Å². The van der Waals surface area contributed by atoms with Gasteiger partial charge in [0.15, 0.2) is 5.65 Å². The first-order valence-corrected chi connectivity index (χ1v) is 10.9. The predicted octanol–water partition coefficient (Wildman–Crippen LogP) is 6.62. The molecule has 0 aliphatic rings. The summed E-state index contributed by atoms with van der Waals surface area (Å²) in [5, 5.41) is 10.6. The molecule has 2 aromatic heterocycles. The van der Waals surface area contributed by atoms with Gasteiger partial charge in [0.05, 0.1) is 11.4 Å². The summed E-state index contributed by atoms with van der Waals surface area (Å²) in [6, 6.07) is 18.5. The van der Waals surface area contributed by atoms with Crippen molar-refractivity contribution in [1.82, 2.24) is 14.4 Å². The van der Waals surface area contributed by atoms with E-state index >= 15 is 0 Å². The molecule has 4 aromatic rings. The molecule has 4 rings (SSSR count). The van der Waals surface area contributed by atoms with Gasteiger partial charge in [0, 0.05) is 18.2 Å². The minimum absolute atomic E-state index is 0.202. The molecule has 0 radical (unpaired) electrons. The summed E-state index contributed by atoms with van der Waals surface area (Å²) in [4.78, 5) is 9.53. The Kier molecular flexibility index (Phi) is 8.60. The van der Waals surface area contributed by atoms with Crippen LogP contribution < -0.4 is 0 Å². The minimum atomic E-state index is 0.202. The molecule has 0 amide bonds. The molecule has 2 aromatic carbocycles. The number of rotatable bonds is 4. The van der Waals surface area contributed by atoms with E-state index in [1.54, 1.807) is 4.40 Å². The molecule has 2 heterocycles. The Balaban J connectivity index is 0.000000757. The second kappa shape index (κ2) is 11.1. The number of benzene rings is 2. The van der Waals surface area contributed by atoms with Gasteiger partial charge in [-0.15, -0.1) is 0 Å². The lowest BCUT2D eigenvalue weighted by molar-refractivity contribution is 0.441. The minimum Gasteiger partial charge on any atom is -0.493 e. The molecule has 0 aliphatic heterocycles. The number of aromatic nitrogens is 3. The highest BCUT2D eigenvalue weighted by atomic mass is 16.3. The second-order valence-corrected chi connectivity index (χ2v) is 6.53. The van der Waals surface area contributed by atoms with Crippen LogP contribution in [-0.4, -0.2) is 19.5 Å².